The van der Waals surface area contributed by atoms with Crippen LogP contribution in [-0.2, 0) is 0 Å². The van der Waals surface area contributed by atoms with Gasteiger partial charge in [0, 0.05) is 24.3 Å². The molecule has 3 nitrogen and oxygen atoms in total. The standard InChI is InChI=1S/C11H17BrN2O/c1-3-4-5-6-14(2)11(15)10-7-9(12)8-13-10/h7-8,13H,3-6H2,1-2H3. The summed E-state index contributed by atoms with van der Waals surface area (Å²) < 4.78 is 0.910. The minimum atomic E-state index is 0.0526. The molecule has 15 heavy (non-hydrogen) atoms. The largest absolute Gasteiger partial charge is 0.356 e. The third-order valence-corrected chi connectivity index (χ3v) is 2.78. The SMILES string of the molecule is CCCCCN(C)C(=O)c1cc(Br)c[nH]1. The van der Waals surface area contributed by atoms with Crippen LogP contribution in [0, 0.1) is 0 Å². The van der Waals surface area contributed by atoms with Gasteiger partial charge in [0.05, 0.1) is 0 Å². The van der Waals surface area contributed by atoms with E-state index in [-0.39, 0.29) is 5.91 Å². The molecule has 4 heteroatoms. The average Bonchev–Trinajstić information content (AvgIpc) is 2.64. The summed E-state index contributed by atoms with van der Waals surface area (Å²) in [5.41, 5.74) is 0.640. The highest BCUT2D eigenvalue weighted by Gasteiger charge is 2.12. The van der Waals surface area contributed by atoms with Gasteiger partial charge in [0.1, 0.15) is 5.69 Å². The zero-order valence-corrected chi connectivity index (χ0v) is 10.8. The Bertz CT molecular complexity index is 322. The lowest BCUT2D eigenvalue weighted by molar-refractivity contribution is 0.0787. The number of carbonyl (C=O) groups is 1. The summed E-state index contributed by atoms with van der Waals surface area (Å²) >= 11 is 3.31. The number of carbonyl (C=O) groups excluding carboxylic acids is 1. The molecule has 0 saturated carbocycles. The number of aromatic nitrogens is 1. The van der Waals surface area contributed by atoms with E-state index in [0.29, 0.717) is 5.69 Å². The molecular weight excluding hydrogens is 256 g/mol. The van der Waals surface area contributed by atoms with Gasteiger partial charge >= 0.3 is 0 Å². The van der Waals surface area contributed by atoms with Gasteiger partial charge in [0.2, 0.25) is 0 Å². The second-order valence-corrected chi connectivity index (χ2v) is 4.58. The highest BCUT2D eigenvalue weighted by atomic mass is 79.9. The fraction of sp³-hybridized carbons (Fsp3) is 0.545. The second-order valence-electron chi connectivity index (χ2n) is 3.67. The van der Waals surface area contributed by atoms with Crippen LogP contribution in [0.5, 0.6) is 0 Å². The molecule has 1 amide bonds. The van der Waals surface area contributed by atoms with Crippen molar-refractivity contribution in [1.29, 1.82) is 0 Å². The molecule has 0 bridgehead atoms. The zero-order valence-electron chi connectivity index (χ0n) is 9.22. The van der Waals surface area contributed by atoms with Crippen LogP contribution in [0.1, 0.15) is 36.7 Å². The van der Waals surface area contributed by atoms with Gasteiger partial charge in [-0.2, -0.15) is 0 Å². The number of nitrogens with zero attached hydrogens (tertiary/aromatic N) is 1. The van der Waals surface area contributed by atoms with Crippen molar-refractivity contribution >= 4 is 21.8 Å². The van der Waals surface area contributed by atoms with E-state index < -0.39 is 0 Å². The number of nitrogens with one attached hydrogen (secondary N) is 1. The molecule has 1 aromatic heterocycles. The predicted octanol–water partition coefficient (Wildman–Crippen LogP) is 3.04. The number of hydrogen-bond donors (Lipinski definition) is 1. The van der Waals surface area contributed by atoms with Crippen molar-refractivity contribution in [3.8, 4) is 0 Å². The summed E-state index contributed by atoms with van der Waals surface area (Å²) in [6, 6.07) is 1.80. The molecule has 0 atom stereocenters. The minimum absolute atomic E-state index is 0.0526. The molecule has 1 rings (SSSR count). The average molecular weight is 273 g/mol. The molecule has 0 aliphatic carbocycles. The molecule has 0 unspecified atom stereocenters. The van der Waals surface area contributed by atoms with Crippen molar-refractivity contribution in [2.45, 2.75) is 26.2 Å². The molecule has 1 aromatic rings. The van der Waals surface area contributed by atoms with Crippen molar-refractivity contribution in [2.24, 2.45) is 0 Å². The van der Waals surface area contributed by atoms with E-state index in [1.807, 2.05) is 7.05 Å². The van der Waals surface area contributed by atoms with Crippen LogP contribution in [0.3, 0.4) is 0 Å². The number of H-pyrrole nitrogens is 1. The van der Waals surface area contributed by atoms with E-state index in [2.05, 4.69) is 27.8 Å². The lowest BCUT2D eigenvalue weighted by atomic mass is 10.2. The molecule has 0 aromatic carbocycles. The third-order valence-electron chi connectivity index (χ3n) is 2.32. The summed E-state index contributed by atoms with van der Waals surface area (Å²) in [6.45, 7) is 2.98. The number of halogens is 1. The van der Waals surface area contributed by atoms with Gasteiger partial charge in [-0.1, -0.05) is 19.8 Å². The molecular formula is C11H17BrN2O. The Labute approximate surface area is 99.0 Å². The number of hydrogen-bond acceptors (Lipinski definition) is 1. The Morgan fingerprint density at radius 3 is 2.80 bits per heavy atom. The Morgan fingerprint density at radius 2 is 2.27 bits per heavy atom. The van der Waals surface area contributed by atoms with Gasteiger partial charge < -0.3 is 9.88 Å². The van der Waals surface area contributed by atoms with Crippen LogP contribution < -0.4 is 0 Å². The van der Waals surface area contributed by atoms with Crippen LogP contribution in [0.4, 0.5) is 0 Å². The maximum absolute atomic E-state index is 11.8. The Kier molecular flexibility index (Phi) is 4.88. The quantitative estimate of drug-likeness (QED) is 0.822. The van der Waals surface area contributed by atoms with Crippen LogP contribution in [-0.4, -0.2) is 29.4 Å². The van der Waals surface area contributed by atoms with Gasteiger partial charge in [-0.05, 0) is 28.4 Å². The highest BCUT2D eigenvalue weighted by molar-refractivity contribution is 9.10. The first kappa shape index (κ1) is 12.3. The highest BCUT2D eigenvalue weighted by Crippen LogP contribution is 2.12. The lowest BCUT2D eigenvalue weighted by Gasteiger charge is -2.15. The van der Waals surface area contributed by atoms with Crippen molar-refractivity contribution < 1.29 is 4.79 Å². The van der Waals surface area contributed by atoms with E-state index in [1.54, 1.807) is 17.2 Å². The zero-order chi connectivity index (χ0) is 11.3. The molecule has 84 valence electrons. The number of aromatic amines is 1. The fourth-order valence-electron chi connectivity index (χ4n) is 1.40. The monoisotopic (exact) mass is 272 g/mol. The van der Waals surface area contributed by atoms with Crippen molar-refractivity contribution in [3.63, 3.8) is 0 Å². The van der Waals surface area contributed by atoms with E-state index in [4.69, 9.17) is 0 Å². The first-order valence-corrected chi connectivity index (χ1v) is 6.03. The Hall–Kier alpha value is -0.770. The number of amides is 1. The number of unbranched alkanes of at least 4 members (excludes halogenated alkanes) is 2. The smallest absolute Gasteiger partial charge is 0.270 e. The minimum Gasteiger partial charge on any atom is -0.356 e. The van der Waals surface area contributed by atoms with Crippen molar-refractivity contribution in [2.75, 3.05) is 13.6 Å². The van der Waals surface area contributed by atoms with Crippen LogP contribution in [0.25, 0.3) is 0 Å². The fourth-order valence-corrected chi connectivity index (χ4v) is 1.74. The van der Waals surface area contributed by atoms with Gasteiger partial charge in [-0.15, -0.1) is 0 Å². The number of rotatable bonds is 5. The molecule has 0 spiro atoms. The van der Waals surface area contributed by atoms with Crippen molar-refractivity contribution in [3.05, 3.63) is 22.4 Å². The Balaban J connectivity index is 2.46. The lowest BCUT2D eigenvalue weighted by Crippen LogP contribution is -2.27. The molecule has 0 radical (unpaired) electrons. The van der Waals surface area contributed by atoms with E-state index in [9.17, 15) is 4.79 Å². The summed E-state index contributed by atoms with van der Waals surface area (Å²) in [6.07, 6.45) is 5.19. The van der Waals surface area contributed by atoms with Crippen LogP contribution in [0.2, 0.25) is 0 Å². The third kappa shape index (κ3) is 3.70. The van der Waals surface area contributed by atoms with Gasteiger partial charge in [-0.3, -0.25) is 4.79 Å². The first-order chi connectivity index (χ1) is 7.15. The van der Waals surface area contributed by atoms with Gasteiger partial charge in [0.25, 0.3) is 5.91 Å². The second kappa shape index (κ2) is 5.95. The van der Waals surface area contributed by atoms with Gasteiger partial charge in [0.15, 0.2) is 0 Å². The molecule has 0 fully saturated rings. The first-order valence-electron chi connectivity index (χ1n) is 5.24. The van der Waals surface area contributed by atoms with Crippen LogP contribution in [0.15, 0.2) is 16.7 Å². The van der Waals surface area contributed by atoms with Crippen molar-refractivity contribution in [1.82, 2.24) is 9.88 Å². The Morgan fingerprint density at radius 1 is 1.53 bits per heavy atom. The summed E-state index contributed by atoms with van der Waals surface area (Å²) in [7, 11) is 1.84. The summed E-state index contributed by atoms with van der Waals surface area (Å²) in [4.78, 5) is 16.5. The normalized spacial score (nSPS) is 10.3. The van der Waals surface area contributed by atoms with E-state index in [1.165, 1.54) is 12.8 Å². The maximum atomic E-state index is 11.8. The van der Waals surface area contributed by atoms with Crippen LogP contribution >= 0.6 is 15.9 Å². The molecule has 0 aliphatic heterocycles. The van der Waals surface area contributed by atoms with E-state index >= 15 is 0 Å². The summed E-state index contributed by atoms with van der Waals surface area (Å²) in [5, 5.41) is 0. The predicted molar refractivity (Wildman–Crippen MR) is 65.0 cm³/mol. The van der Waals surface area contributed by atoms with E-state index in [0.717, 1.165) is 17.4 Å². The topological polar surface area (TPSA) is 36.1 Å². The molecule has 1 N–H and O–H groups in total. The maximum Gasteiger partial charge on any atom is 0.270 e. The molecule has 0 aliphatic rings. The summed E-state index contributed by atoms with van der Waals surface area (Å²) in [5.74, 6) is 0.0526. The van der Waals surface area contributed by atoms with Gasteiger partial charge in [-0.25, -0.2) is 0 Å². The molecule has 0 saturated heterocycles. The molecule has 1 heterocycles.